The van der Waals surface area contributed by atoms with E-state index in [2.05, 4.69) is 5.32 Å². The highest BCUT2D eigenvalue weighted by Crippen LogP contribution is 2.39. The van der Waals surface area contributed by atoms with Crippen molar-refractivity contribution in [2.45, 2.75) is 44.9 Å². The zero-order chi connectivity index (χ0) is 14.4. The van der Waals surface area contributed by atoms with Crippen molar-refractivity contribution >= 4 is 23.2 Å². The number of carboxylic acids is 1. The largest absolute Gasteiger partial charge is 0.481 e. The van der Waals surface area contributed by atoms with Gasteiger partial charge in [-0.2, -0.15) is 0 Å². The quantitative estimate of drug-likeness (QED) is 0.848. The first-order valence-corrected chi connectivity index (χ1v) is 8.03. The van der Waals surface area contributed by atoms with E-state index in [1.807, 2.05) is 17.5 Å². The van der Waals surface area contributed by atoms with Gasteiger partial charge < -0.3 is 10.4 Å². The molecule has 0 aromatic carbocycles. The lowest BCUT2D eigenvalue weighted by Gasteiger charge is -2.32. The Morgan fingerprint density at radius 1 is 1.30 bits per heavy atom. The summed E-state index contributed by atoms with van der Waals surface area (Å²) >= 11 is 1.67. The summed E-state index contributed by atoms with van der Waals surface area (Å²) in [6.45, 7) is 0.578. The van der Waals surface area contributed by atoms with Crippen molar-refractivity contribution in [2.24, 2.45) is 5.41 Å². The van der Waals surface area contributed by atoms with E-state index in [0.29, 0.717) is 19.4 Å². The molecule has 1 fully saturated rings. The molecule has 0 atom stereocenters. The Labute approximate surface area is 123 Å². The second kappa shape index (κ2) is 6.88. The number of amides is 1. The van der Waals surface area contributed by atoms with Gasteiger partial charge in [0.1, 0.15) is 0 Å². The molecule has 0 radical (unpaired) electrons. The van der Waals surface area contributed by atoms with Crippen LogP contribution in [0.1, 0.15) is 43.4 Å². The van der Waals surface area contributed by atoms with E-state index >= 15 is 0 Å². The van der Waals surface area contributed by atoms with Gasteiger partial charge in [0.15, 0.2) is 0 Å². The summed E-state index contributed by atoms with van der Waals surface area (Å²) in [6.07, 6.45) is 5.08. The van der Waals surface area contributed by atoms with Crippen LogP contribution in [0.15, 0.2) is 17.5 Å². The van der Waals surface area contributed by atoms with Crippen LogP contribution in [0.5, 0.6) is 0 Å². The van der Waals surface area contributed by atoms with Gasteiger partial charge in [-0.25, -0.2) is 0 Å². The predicted molar refractivity (Wildman–Crippen MR) is 78.8 cm³/mol. The number of aliphatic carboxylic acids is 1. The molecule has 1 aliphatic rings. The smallest absolute Gasteiger partial charge is 0.310 e. The third-order valence-corrected chi connectivity index (χ3v) is 4.97. The number of hydrogen-bond donors (Lipinski definition) is 2. The summed E-state index contributed by atoms with van der Waals surface area (Å²) < 4.78 is 0. The topological polar surface area (TPSA) is 66.4 Å². The fourth-order valence-electron chi connectivity index (χ4n) is 2.84. The minimum absolute atomic E-state index is 0.118. The highest BCUT2D eigenvalue weighted by atomic mass is 32.1. The van der Waals surface area contributed by atoms with Crippen LogP contribution in [-0.2, 0) is 16.0 Å². The van der Waals surface area contributed by atoms with Gasteiger partial charge in [-0.15, -0.1) is 11.3 Å². The second-order valence-electron chi connectivity index (χ2n) is 5.50. The fourth-order valence-corrected chi connectivity index (χ4v) is 3.55. The number of nitrogens with one attached hydrogen (secondary N) is 1. The van der Waals surface area contributed by atoms with Crippen molar-refractivity contribution in [1.82, 2.24) is 5.32 Å². The second-order valence-corrected chi connectivity index (χ2v) is 6.53. The van der Waals surface area contributed by atoms with Crippen LogP contribution < -0.4 is 5.32 Å². The lowest BCUT2D eigenvalue weighted by molar-refractivity contribution is -0.154. The third-order valence-electron chi connectivity index (χ3n) is 4.04. The van der Waals surface area contributed by atoms with Gasteiger partial charge in [0, 0.05) is 17.8 Å². The molecule has 2 N–H and O–H groups in total. The van der Waals surface area contributed by atoms with Crippen LogP contribution in [0, 0.1) is 5.41 Å². The number of carbonyl (C=O) groups is 2. The molecule has 110 valence electrons. The zero-order valence-electron chi connectivity index (χ0n) is 11.6. The van der Waals surface area contributed by atoms with Gasteiger partial charge in [-0.05, 0) is 30.7 Å². The van der Waals surface area contributed by atoms with Gasteiger partial charge in [0.05, 0.1) is 5.41 Å². The van der Waals surface area contributed by atoms with E-state index in [9.17, 15) is 14.7 Å². The number of thiophene rings is 1. The molecule has 0 bridgehead atoms. The summed E-state index contributed by atoms with van der Waals surface area (Å²) in [5.41, 5.74) is -0.828. The molecule has 1 heterocycles. The van der Waals surface area contributed by atoms with E-state index < -0.39 is 11.4 Å². The Balaban J connectivity index is 1.81. The Hall–Kier alpha value is -1.36. The van der Waals surface area contributed by atoms with E-state index in [4.69, 9.17) is 0 Å². The molecule has 0 unspecified atom stereocenters. The molecule has 4 nitrogen and oxygen atoms in total. The standard InChI is InChI=1S/C15H21NO3S/c17-13(16-9-6-12-5-4-10-20-12)11-15(14(18)19)7-2-1-3-8-15/h4-5,10H,1-3,6-9,11H2,(H,16,17)(H,18,19). The first-order chi connectivity index (χ1) is 9.62. The molecule has 2 rings (SSSR count). The molecule has 0 spiro atoms. The Morgan fingerprint density at radius 3 is 2.65 bits per heavy atom. The normalized spacial score (nSPS) is 17.6. The first kappa shape index (κ1) is 15.0. The molecule has 1 aliphatic carbocycles. The lowest BCUT2D eigenvalue weighted by atomic mass is 9.71. The van der Waals surface area contributed by atoms with Crippen LogP contribution in [0.2, 0.25) is 0 Å². The van der Waals surface area contributed by atoms with Crippen molar-refractivity contribution in [3.05, 3.63) is 22.4 Å². The van der Waals surface area contributed by atoms with Crippen LogP contribution >= 0.6 is 11.3 Å². The third kappa shape index (κ3) is 3.82. The van der Waals surface area contributed by atoms with Crippen molar-refractivity contribution < 1.29 is 14.7 Å². The van der Waals surface area contributed by atoms with Gasteiger partial charge >= 0.3 is 5.97 Å². The molecule has 1 saturated carbocycles. The summed E-state index contributed by atoms with van der Waals surface area (Å²) in [5.74, 6) is -0.948. The van der Waals surface area contributed by atoms with Crippen molar-refractivity contribution in [3.8, 4) is 0 Å². The summed E-state index contributed by atoms with van der Waals surface area (Å²) in [6, 6.07) is 4.03. The highest BCUT2D eigenvalue weighted by Gasteiger charge is 2.41. The fraction of sp³-hybridized carbons (Fsp3) is 0.600. The molecule has 5 heteroatoms. The summed E-state index contributed by atoms with van der Waals surface area (Å²) in [4.78, 5) is 24.7. The van der Waals surface area contributed by atoms with E-state index in [1.165, 1.54) is 4.88 Å². The van der Waals surface area contributed by atoms with Crippen LogP contribution in [0.4, 0.5) is 0 Å². The van der Waals surface area contributed by atoms with Crippen molar-refractivity contribution in [1.29, 1.82) is 0 Å². The Kier molecular flexibility index (Phi) is 5.17. The van der Waals surface area contributed by atoms with Crippen LogP contribution in [0.25, 0.3) is 0 Å². The Morgan fingerprint density at radius 2 is 2.05 bits per heavy atom. The average Bonchev–Trinajstić information content (AvgIpc) is 2.93. The van der Waals surface area contributed by atoms with Crippen molar-refractivity contribution in [2.75, 3.05) is 6.54 Å². The molecule has 0 saturated heterocycles. The molecule has 0 aliphatic heterocycles. The molecule has 20 heavy (non-hydrogen) atoms. The average molecular weight is 295 g/mol. The van der Waals surface area contributed by atoms with Gasteiger partial charge in [-0.1, -0.05) is 25.3 Å². The van der Waals surface area contributed by atoms with E-state index in [1.54, 1.807) is 11.3 Å². The SMILES string of the molecule is O=C(CC1(C(=O)O)CCCCC1)NCCc1cccs1. The lowest BCUT2D eigenvalue weighted by Crippen LogP contribution is -2.39. The molecule has 1 aromatic rings. The van der Waals surface area contributed by atoms with Crippen LogP contribution in [-0.4, -0.2) is 23.5 Å². The minimum atomic E-state index is -0.828. The van der Waals surface area contributed by atoms with Gasteiger partial charge in [-0.3, -0.25) is 9.59 Å². The van der Waals surface area contributed by atoms with Gasteiger partial charge in [0.2, 0.25) is 5.91 Å². The maximum absolute atomic E-state index is 12.0. The monoisotopic (exact) mass is 295 g/mol. The number of hydrogen-bond acceptors (Lipinski definition) is 3. The zero-order valence-corrected chi connectivity index (χ0v) is 12.4. The number of carboxylic acid groups (broad SMARTS) is 1. The molecular weight excluding hydrogens is 274 g/mol. The van der Waals surface area contributed by atoms with E-state index in [-0.39, 0.29) is 12.3 Å². The summed E-state index contributed by atoms with van der Waals surface area (Å²) in [5, 5.41) is 14.3. The van der Waals surface area contributed by atoms with E-state index in [0.717, 1.165) is 25.7 Å². The minimum Gasteiger partial charge on any atom is -0.481 e. The first-order valence-electron chi connectivity index (χ1n) is 7.15. The number of carbonyl (C=O) groups excluding carboxylic acids is 1. The highest BCUT2D eigenvalue weighted by molar-refractivity contribution is 7.09. The number of rotatable bonds is 6. The maximum atomic E-state index is 12.0. The Bertz CT molecular complexity index is 450. The van der Waals surface area contributed by atoms with Crippen LogP contribution in [0.3, 0.4) is 0 Å². The predicted octanol–water partition coefficient (Wildman–Crippen LogP) is 2.83. The molecular formula is C15H21NO3S. The summed E-state index contributed by atoms with van der Waals surface area (Å²) in [7, 11) is 0. The van der Waals surface area contributed by atoms with Gasteiger partial charge in [0.25, 0.3) is 0 Å². The maximum Gasteiger partial charge on any atom is 0.310 e. The molecule has 1 aromatic heterocycles. The van der Waals surface area contributed by atoms with Crippen molar-refractivity contribution in [3.63, 3.8) is 0 Å². The molecule has 1 amide bonds.